The molecule has 3 rings (SSSR count). The van der Waals surface area contributed by atoms with E-state index in [0.717, 1.165) is 50.9 Å². The first-order chi connectivity index (χ1) is 12.7. The minimum absolute atomic E-state index is 0.139. The normalized spacial score (nSPS) is 22.1. The molecule has 0 aromatic carbocycles. The molecular formula is C19H31N5O2. The van der Waals surface area contributed by atoms with Crippen LogP contribution in [0.4, 0.5) is 0 Å². The van der Waals surface area contributed by atoms with E-state index < -0.39 is 0 Å². The fourth-order valence-corrected chi connectivity index (χ4v) is 3.51. The Kier molecular flexibility index (Phi) is 6.68. The molecule has 2 aliphatic rings. The van der Waals surface area contributed by atoms with E-state index in [9.17, 15) is 0 Å². The van der Waals surface area contributed by atoms with Crippen molar-refractivity contribution in [3.8, 4) is 5.88 Å². The number of hydrogen-bond acceptors (Lipinski definition) is 5. The maximum atomic E-state index is 5.59. The highest BCUT2D eigenvalue weighted by Crippen LogP contribution is 2.17. The molecule has 0 aliphatic carbocycles. The molecule has 2 saturated heterocycles. The van der Waals surface area contributed by atoms with Crippen LogP contribution >= 0.6 is 0 Å². The SMILES string of the molecule is CN=C(NCc1ccc(OC(C)C)nc1)N1CCC(N2CCOCC2)C1. The van der Waals surface area contributed by atoms with Crippen molar-refractivity contribution in [2.45, 2.75) is 39.0 Å². The number of hydrogen-bond donors (Lipinski definition) is 1. The first-order valence-electron chi connectivity index (χ1n) is 9.54. The molecule has 0 amide bonds. The van der Waals surface area contributed by atoms with Crippen molar-refractivity contribution >= 4 is 5.96 Å². The minimum Gasteiger partial charge on any atom is -0.475 e. The molecule has 2 fully saturated rings. The Morgan fingerprint density at radius 3 is 2.81 bits per heavy atom. The van der Waals surface area contributed by atoms with E-state index in [0.29, 0.717) is 18.5 Å². The second kappa shape index (κ2) is 9.19. The average molecular weight is 361 g/mol. The Hall–Kier alpha value is -1.86. The summed E-state index contributed by atoms with van der Waals surface area (Å²) in [6.07, 6.45) is 3.18. The predicted molar refractivity (Wildman–Crippen MR) is 103 cm³/mol. The molecule has 1 aromatic rings. The van der Waals surface area contributed by atoms with Gasteiger partial charge in [-0.25, -0.2) is 4.98 Å². The van der Waals surface area contributed by atoms with Gasteiger partial charge in [-0.15, -0.1) is 0 Å². The number of morpholine rings is 1. The molecule has 1 atom stereocenters. The molecule has 1 aromatic heterocycles. The third-order valence-electron chi connectivity index (χ3n) is 4.84. The molecule has 1 unspecified atom stereocenters. The van der Waals surface area contributed by atoms with Crippen molar-refractivity contribution in [2.24, 2.45) is 4.99 Å². The van der Waals surface area contributed by atoms with Gasteiger partial charge in [-0.1, -0.05) is 6.07 Å². The Labute approximate surface area is 156 Å². The molecule has 0 radical (unpaired) electrons. The molecule has 0 saturated carbocycles. The van der Waals surface area contributed by atoms with Crippen LogP contribution in [-0.4, -0.2) is 79.3 Å². The zero-order chi connectivity index (χ0) is 18.4. The predicted octanol–water partition coefficient (Wildman–Crippen LogP) is 1.35. The highest BCUT2D eigenvalue weighted by molar-refractivity contribution is 5.80. The zero-order valence-electron chi connectivity index (χ0n) is 16.1. The van der Waals surface area contributed by atoms with Crippen LogP contribution in [0.3, 0.4) is 0 Å². The van der Waals surface area contributed by atoms with Gasteiger partial charge in [-0.3, -0.25) is 9.89 Å². The van der Waals surface area contributed by atoms with Crippen molar-refractivity contribution in [1.82, 2.24) is 20.1 Å². The van der Waals surface area contributed by atoms with Gasteiger partial charge in [0.25, 0.3) is 0 Å². The molecule has 3 heterocycles. The fourth-order valence-electron chi connectivity index (χ4n) is 3.51. The summed E-state index contributed by atoms with van der Waals surface area (Å²) < 4.78 is 11.1. The van der Waals surface area contributed by atoms with Crippen LogP contribution < -0.4 is 10.1 Å². The van der Waals surface area contributed by atoms with Crippen LogP contribution in [0.5, 0.6) is 5.88 Å². The Morgan fingerprint density at radius 2 is 2.15 bits per heavy atom. The number of nitrogens with zero attached hydrogens (tertiary/aromatic N) is 4. The topological polar surface area (TPSA) is 62.2 Å². The van der Waals surface area contributed by atoms with Gasteiger partial charge >= 0.3 is 0 Å². The van der Waals surface area contributed by atoms with Crippen molar-refractivity contribution < 1.29 is 9.47 Å². The second-order valence-electron chi connectivity index (χ2n) is 7.11. The first-order valence-corrected chi connectivity index (χ1v) is 9.54. The van der Waals surface area contributed by atoms with Gasteiger partial charge in [0, 0.05) is 58.1 Å². The number of aromatic nitrogens is 1. The largest absolute Gasteiger partial charge is 0.475 e. The molecular weight excluding hydrogens is 330 g/mol. The van der Waals surface area contributed by atoms with E-state index in [-0.39, 0.29) is 6.10 Å². The first kappa shape index (κ1) is 18.9. The summed E-state index contributed by atoms with van der Waals surface area (Å²) >= 11 is 0. The van der Waals surface area contributed by atoms with Crippen LogP contribution in [-0.2, 0) is 11.3 Å². The molecule has 7 heteroatoms. The maximum Gasteiger partial charge on any atom is 0.213 e. The standard InChI is InChI=1S/C19H31N5O2/c1-15(2)26-18-5-4-16(12-21-18)13-22-19(20-3)24-7-6-17(14-24)23-8-10-25-11-9-23/h4-5,12,15,17H,6-11,13-14H2,1-3H3,(H,20,22). The van der Waals surface area contributed by atoms with Gasteiger partial charge in [0.15, 0.2) is 5.96 Å². The summed E-state index contributed by atoms with van der Waals surface area (Å²) in [7, 11) is 1.85. The van der Waals surface area contributed by atoms with Gasteiger partial charge in [-0.2, -0.15) is 0 Å². The molecule has 0 spiro atoms. The van der Waals surface area contributed by atoms with Gasteiger partial charge in [0.2, 0.25) is 5.88 Å². The van der Waals surface area contributed by atoms with Crippen molar-refractivity contribution in [1.29, 1.82) is 0 Å². The van der Waals surface area contributed by atoms with Crippen LogP contribution in [0.2, 0.25) is 0 Å². The molecule has 0 bridgehead atoms. The van der Waals surface area contributed by atoms with E-state index in [1.165, 1.54) is 6.42 Å². The average Bonchev–Trinajstić information content (AvgIpc) is 3.14. The summed E-state index contributed by atoms with van der Waals surface area (Å²) in [5.74, 6) is 1.63. The Morgan fingerprint density at radius 1 is 1.35 bits per heavy atom. The van der Waals surface area contributed by atoms with E-state index >= 15 is 0 Å². The quantitative estimate of drug-likeness (QED) is 0.631. The fraction of sp³-hybridized carbons (Fsp3) is 0.684. The van der Waals surface area contributed by atoms with Crippen LogP contribution in [0.25, 0.3) is 0 Å². The van der Waals surface area contributed by atoms with Gasteiger partial charge in [0.05, 0.1) is 19.3 Å². The van der Waals surface area contributed by atoms with Crippen molar-refractivity contribution in [3.05, 3.63) is 23.9 Å². The van der Waals surface area contributed by atoms with Crippen molar-refractivity contribution in [3.63, 3.8) is 0 Å². The molecule has 2 aliphatic heterocycles. The molecule has 1 N–H and O–H groups in total. The highest BCUT2D eigenvalue weighted by atomic mass is 16.5. The van der Waals surface area contributed by atoms with Gasteiger partial charge in [0.1, 0.15) is 0 Å². The van der Waals surface area contributed by atoms with Crippen LogP contribution in [0.15, 0.2) is 23.3 Å². The minimum atomic E-state index is 0.139. The Balaban J connectivity index is 1.49. The Bertz CT molecular complexity index is 584. The van der Waals surface area contributed by atoms with Crippen LogP contribution in [0, 0.1) is 0 Å². The van der Waals surface area contributed by atoms with Gasteiger partial charge in [-0.05, 0) is 25.8 Å². The van der Waals surface area contributed by atoms with Crippen molar-refractivity contribution in [2.75, 3.05) is 46.4 Å². The van der Waals surface area contributed by atoms with E-state index in [1.54, 1.807) is 0 Å². The maximum absolute atomic E-state index is 5.59. The molecule has 7 nitrogen and oxygen atoms in total. The number of pyridine rings is 1. The smallest absolute Gasteiger partial charge is 0.213 e. The third kappa shape index (κ3) is 5.08. The van der Waals surface area contributed by atoms with Crippen LogP contribution in [0.1, 0.15) is 25.8 Å². The number of ether oxygens (including phenoxy) is 2. The van der Waals surface area contributed by atoms with E-state index in [2.05, 4.69) is 25.1 Å². The molecule has 144 valence electrons. The lowest BCUT2D eigenvalue weighted by Crippen LogP contribution is -2.46. The number of rotatable bonds is 5. The lowest BCUT2D eigenvalue weighted by molar-refractivity contribution is 0.0195. The monoisotopic (exact) mass is 361 g/mol. The van der Waals surface area contributed by atoms with E-state index in [4.69, 9.17) is 9.47 Å². The number of likely N-dealkylation sites (tertiary alicyclic amines) is 1. The van der Waals surface area contributed by atoms with Gasteiger partial charge < -0.3 is 19.7 Å². The second-order valence-corrected chi connectivity index (χ2v) is 7.11. The highest BCUT2D eigenvalue weighted by Gasteiger charge is 2.30. The zero-order valence-corrected chi connectivity index (χ0v) is 16.1. The lowest BCUT2D eigenvalue weighted by atomic mass is 10.2. The number of guanidine groups is 1. The summed E-state index contributed by atoms with van der Waals surface area (Å²) in [6, 6.07) is 4.57. The van der Waals surface area contributed by atoms with E-state index in [1.807, 2.05) is 39.2 Å². The summed E-state index contributed by atoms with van der Waals surface area (Å²) in [5, 5.41) is 3.46. The summed E-state index contributed by atoms with van der Waals surface area (Å²) in [4.78, 5) is 13.7. The lowest BCUT2D eigenvalue weighted by Gasteiger charge is -2.32. The summed E-state index contributed by atoms with van der Waals surface area (Å²) in [5.41, 5.74) is 1.12. The third-order valence-corrected chi connectivity index (χ3v) is 4.84. The number of aliphatic imine (C=N–C) groups is 1. The number of nitrogens with one attached hydrogen (secondary N) is 1. The molecule has 26 heavy (non-hydrogen) atoms. The summed E-state index contributed by atoms with van der Waals surface area (Å²) in [6.45, 7) is 10.6.